The SMILES string of the molecule is CCC(O)(CN)c1csc(C)c1. The second-order valence-electron chi connectivity index (χ2n) is 3.04. The zero-order valence-corrected chi connectivity index (χ0v) is 8.32. The van der Waals surface area contributed by atoms with Crippen molar-refractivity contribution in [3.63, 3.8) is 0 Å². The van der Waals surface area contributed by atoms with Crippen molar-refractivity contribution in [3.8, 4) is 0 Å². The third-order valence-electron chi connectivity index (χ3n) is 2.19. The first-order valence-electron chi connectivity index (χ1n) is 4.10. The molecule has 1 atom stereocenters. The molecule has 0 spiro atoms. The average Bonchev–Trinajstić information content (AvgIpc) is 2.51. The fourth-order valence-electron chi connectivity index (χ4n) is 1.15. The molecule has 0 saturated heterocycles. The summed E-state index contributed by atoms with van der Waals surface area (Å²) in [5.74, 6) is 0. The highest BCUT2D eigenvalue weighted by Crippen LogP contribution is 2.27. The smallest absolute Gasteiger partial charge is 0.102 e. The molecule has 0 radical (unpaired) electrons. The molecular weight excluding hydrogens is 170 g/mol. The Hall–Kier alpha value is -0.380. The van der Waals surface area contributed by atoms with Gasteiger partial charge in [0.15, 0.2) is 0 Å². The Balaban J connectivity index is 2.94. The maximum absolute atomic E-state index is 10.00. The molecule has 0 bridgehead atoms. The number of hydrogen-bond acceptors (Lipinski definition) is 3. The Labute approximate surface area is 77.0 Å². The van der Waals surface area contributed by atoms with Crippen LogP contribution < -0.4 is 5.73 Å². The molecular formula is C9H15NOS. The lowest BCUT2D eigenvalue weighted by atomic mass is 9.94. The summed E-state index contributed by atoms with van der Waals surface area (Å²) >= 11 is 1.65. The summed E-state index contributed by atoms with van der Waals surface area (Å²) in [6, 6.07) is 2.00. The summed E-state index contributed by atoms with van der Waals surface area (Å²) in [5.41, 5.74) is 5.65. The van der Waals surface area contributed by atoms with Crippen LogP contribution in [-0.2, 0) is 5.60 Å². The van der Waals surface area contributed by atoms with Crippen molar-refractivity contribution in [1.82, 2.24) is 0 Å². The second-order valence-corrected chi connectivity index (χ2v) is 4.15. The third kappa shape index (κ3) is 1.68. The van der Waals surface area contributed by atoms with Gasteiger partial charge in [-0.05, 0) is 30.4 Å². The molecule has 0 aromatic carbocycles. The summed E-state index contributed by atoms with van der Waals surface area (Å²) in [6.07, 6.45) is 0.666. The van der Waals surface area contributed by atoms with E-state index in [-0.39, 0.29) is 0 Å². The van der Waals surface area contributed by atoms with E-state index in [2.05, 4.69) is 0 Å². The molecule has 0 aliphatic rings. The molecule has 0 amide bonds. The second kappa shape index (κ2) is 3.56. The predicted molar refractivity (Wildman–Crippen MR) is 52.3 cm³/mol. The molecule has 3 heteroatoms. The van der Waals surface area contributed by atoms with E-state index in [1.807, 2.05) is 25.3 Å². The van der Waals surface area contributed by atoms with Gasteiger partial charge in [0.1, 0.15) is 5.60 Å². The highest BCUT2D eigenvalue weighted by Gasteiger charge is 2.25. The van der Waals surface area contributed by atoms with E-state index in [1.165, 1.54) is 4.88 Å². The van der Waals surface area contributed by atoms with Gasteiger partial charge in [0.25, 0.3) is 0 Å². The van der Waals surface area contributed by atoms with Crippen molar-refractivity contribution in [2.45, 2.75) is 25.9 Å². The van der Waals surface area contributed by atoms with Crippen LogP contribution in [0.4, 0.5) is 0 Å². The Morgan fingerprint density at radius 2 is 2.33 bits per heavy atom. The molecule has 0 fully saturated rings. The van der Waals surface area contributed by atoms with Crippen LogP contribution in [0, 0.1) is 6.92 Å². The molecule has 1 aromatic rings. The number of aliphatic hydroxyl groups is 1. The molecule has 1 rings (SSSR count). The van der Waals surface area contributed by atoms with Gasteiger partial charge >= 0.3 is 0 Å². The minimum absolute atomic E-state index is 0.291. The summed E-state index contributed by atoms with van der Waals surface area (Å²) in [4.78, 5) is 1.21. The molecule has 0 saturated carbocycles. The first kappa shape index (κ1) is 9.71. The molecule has 1 unspecified atom stereocenters. The van der Waals surface area contributed by atoms with Crippen molar-refractivity contribution in [2.24, 2.45) is 5.73 Å². The van der Waals surface area contributed by atoms with Crippen molar-refractivity contribution < 1.29 is 5.11 Å². The highest BCUT2D eigenvalue weighted by molar-refractivity contribution is 7.10. The summed E-state index contributed by atoms with van der Waals surface area (Å²) in [5, 5.41) is 12.0. The first-order valence-corrected chi connectivity index (χ1v) is 4.98. The van der Waals surface area contributed by atoms with Crippen LogP contribution in [0.25, 0.3) is 0 Å². The third-order valence-corrected chi connectivity index (χ3v) is 3.05. The Morgan fingerprint density at radius 3 is 2.67 bits per heavy atom. The molecule has 1 aromatic heterocycles. The van der Waals surface area contributed by atoms with Crippen molar-refractivity contribution >= 4 is 11.3 Å². The molecule has 0 aliphatic heterocycles. The lowest BCUT2D eigenvalue weighted by Gasteiger charge is -2.23. The van der Waals surface area contributed by atoms with Gasteiger partial charge in [-0.15, -0.1) is 11.3 Å². The quantitative estimate of drug-likeness (QED) is 0.751. The molecule has 2 nitrogen and oxygen atoms in total. The van der Waals surface area contributed by atoms with Gasteiger partial charge in [-0.3, -0.25) is 0 Å². The number of rotatable bonds is 3. The number of hydrogen-bond donors (Lipinski definition) is 2. The maximum Gasteiger partial charge on any atom is 0.102 e. The lowest BCUT2D eigenvalue weighted by molar-refractivity contribution is 0.0423. The number of thiophene rings is 1. The topological polar surface area (TPSA) is 46.2 Å². The van der Waals surface area contributed by atoms with Gasteiger partial charge in [-0.1, -0.05) is 6.92 Å². The van der Waals surface area contributed by atoms with Gasteiger partial charge < -0.3 is 10.8 Å². The Kier molecular flexibility index (Phi) is 2.88. The monoisotopic (exact) mass is 185 g/mol. The standard InChI is InChI=1S/C9H15NOS/c1-3-9(11,6-10)8-4-7(2)12-5-8/h4-5,11H,3,6,10H2,1-2H3. The van der Waals surface area contributed by atoms with Crippen molar-refractivity contribution in [2.75, 3.05) is 6.54 Å². The largest absolute Gasteiger partial charge is 0.384 e. The molecule has 0 aliphatic carbocycles. The predicted octanol–water partition coefficient (Wildman–Crippen LogP) is 1.61. The Morgan fingerprint density at radius 1 is 1.67 bits per heavy atom. The molecule has 1 heterocycles. The fraction of sp³-hybridized carbons (Fsp3) is 0.556. The van der Waals surface area contributed by atoms with Crippen LogP contribution in [0.15, 0.2) is 11.4 Å². The first-order chi connectivity index (χ1) is 5.62. The van der Waals surface area contributed by atoms with E-state index < -0.39 is 5.60 Å². The van der Waals surface area contributed by atoms with E-state index >= 15 is 0 Å². The van der Waals surface area contributed by atoms with E-state index in [4.69, 9.17) is 5.73 Å². The van der Waals surface area contributed by atoms with Gasteiger partial charge in [-0.25, -0.2) is 0 Å². The van der Waals surface area contributed by atoms with Gasteiger partial charge in [0.2, 0.25) is 0 Å². The normalized spacial score (nSPS) is 16.0. The molecule has 68 valence electrons. The summed E-state index contributed by atoms with van der Waals surface area (Å²) in [6.45, 7) is 4.26. The van der Waals surface area contributed by atoms with Gasteiger partial charge in [-0.2, -0.15) is 0 Å². The van der Waals surface area contributed by atoms with Crippen LogP contribution in [0.2, 0.25) is 0 Å². The van der Waals surface area contributed by atoms with Crippen LogP contribution in [-0.4, -0.2) is 11.7 Å². The number of aryl methyl sites for hydroxylation is 1. The summed E-state index contributed by atoms with van der Waals surface area (Å²) in [7, 11) is 0. The van der Waals surface area contributed by atoms with Gasteiger partial charge in [0, 0.05) is 11.4 Å². The molecule has 12 heavy (non-hydrogen) atoms. The zero-order chi connectivity index (χ0) is 9.19. The summed E-state index contributed by atoms with van der Waals surface area (Å²) < 4.78 is 0. The van der Waals surface area contributed by atoms with Gasteiger partial charge in [0.05, 0.1) is 0 Å². The van der Waals surface area contributed by atoms with E-state index in [9.17, 15) is 5.11 Å². The zero-order valence-electron chi connectivity index (χ0n) is 7.50. The minimum atomic E-state index is -0.815. The number of nitrogens with two attached hydrogens (primary N) is 1. The maximum atomic E-state index is 10.00. The Bertz CT molecular complexity index is 253. The fourth-order valence-corrected chi connectivity index (χ4v) is 1.95. The van der Waals surface area contributed by atoms with E-state index in [0.29, 0.717) is 13.0 Å². The van der Waals surface area contributed by atoms with Crippen LogP contribution >= 0.6 is 11.3 Å². The highest BCUT2D eigenvalue weighted by atomic mass is 32.1. The van der Waals surface area contributed by atoms with E-state index in [0.717, 1.165) is 5.56 Å². The van der Waals surface area contributed by atoms with Crippen LogP contribution in [0.3, 0.4) is 0 Å². The van der Waals surface area contributed by atoms with Crippen molar-refractivity contribution in [1.29, 1.82) is 0 Å². The molecule has 3 N–H and O–H groups in total. The minimum Gasteiger partial charge on any atom is -0.384 e. The average molecular weight is 185 g/mol. The van der Waals surface area contributed by atoms with Crippen LogP contribution in [0.5, 0.6) is 0 Å². The van der Waals surface area contributed by atoms with Crippen molar-refractivity contribution in [3.05, 3.63) is 21.9 Å². The van der Waals surface area contributed by atoms with Crippen LogP contribution in [0.1, 0.15) is 23.8 Å². The van der Waals surface area contributed by atoms with E-state index in [1.54, 1.807) is 11.3 Å². The lowest BCUT2D eigenvalue weighted by Crippen LogP contribution is -2.33.